The van der Waals surface area contributed by atoms with Gasteiger partial charge >= 0.3 is 0 Å². The van der Waals surface area contributed by atoms with Gasteiger partial charge < -0.3 is 14.8 Å². The maximum absolute atomic E-state index is 5.52. The van der Waals surface area contributed by atoms with Gasteiger partial charge in [-0.25, -0.2) is 0 Å². The zero-order valence-electron chi connectivity index (χ0n) is 8.82. The van der Waals surface area contributed by atoms with Gasteiger partial charge in [-0.15, -0.1) is 6.42 Å². The lowest BCUT2D eigenvalue weighted by atomic mass is 10.3. The van der Waals surface area contributed by atoms with Crippen LogP contribution in [0.2, 0.25) is 0 Å². The molecule has 1 N–H and O–H groups in total. The van der Waals surface area contributed by atoms with E-state index in [0.29, 0.717) is 13.2 Å². The highest BCUT2D eigenvalue weighted by atomic mass is 16.5. The van der Waals surface area contributed by atoms with Crippen molar-refractivity contribution in [3.8, 4) is 23.8 Å². The molecule has 0 bridgehead atoms. The number of para-hydroxylation sites is 2. The highest BCUT2D eigenvalue weighted by Gasteiger charge is 2.00. The molecule has 0 saturated heterocycles. The third-order valence-corrected chi connectivity index (χ3v) is 1.83. The third-order valence-electron chi connectivity index (χ3n) is 1.83. The molecule has 0 aliphatic heterocycles. The van der Waals surface area contributed by atoms with Crippen molar-refractivity contribution in [2.45, 2.75) is 0 Å². The summed E-state index contributed by atoms with van der Waals surface area (Å²) in [5.74, 6) is 3.99. The molecule has 0 radical (unpaired) electrons. The molecule has 1 aromatic rings. The molecule has 0 heterocycles. The number of hydrogen-bond donors (Lipinski definition) is 1. The molecule has 0 amide bonds. The number of nitrogens with one attached hydrogen (secondary N) is 1. The maximum Gasteiger partial charge on any atom is 0.161 e. The topological polar surface area (TPSA) is 30.5 Å². The van der Waals surface area contributed by atoms with Crippen LogP contribution in [0.25, 0.3) is 0 Å². The van der Waals surface area contributed by atoms with E-state index in [1.165, 1.54) is 0 Å². The molecule has 80 valence electrons. The second kappa shape index (κ2) is 6.74. The third kappa shape index (κ3) is 3.92. The summed E-state index contributed by atoms with van der Waals surface area (Å²) in [6.07, 6.45) is 5.09. The first-order valence-corrected chi connectivity index (χ1v) is 4.78. The normalized spacial score (nSPS) is 9.33. The number of benzene rings is 1. The average molecular weight is 205 g/mol. The Morgan fingerprint density at radius 1 is 1.33 bits per heavy atom. The van der Waals surface area contributed by atoms with E-state index in [2.05, 4.69) is 11.2 Å². The molecule has 0 aliphatic carbocycles. The molecule has 0 spiro atoms. The summed E-state index contributed by atoms with van der Waals surface area (Å²) in [5.41, 5.74) is 0. The SMILES string of the molecule is C#CCNCCOc1ccccc1OC. The molecule has 3 nitrogen and oxygen atoms in total. The van der Waals surface area contributed by atoms with Crippen molar-refractivity contribution in [2.75, 3.05) is 26.8 Å². The van der Waals surface area contributed by atoms with Gasteiger partial charge in [0.2, 0.25) is 0 Å². The first kappa shape index (κ1) is 11.4. The highest BCUT2D eigenvalue weighted by Crippen LogP contribution is 2.25. The molecule has 0 atom stereocenters. The predicted molar refractivity (Wildman–Crippen MR) is 60.2 cm³/mol. The molecule has 0 fully saturated rings. The quantitative estimate of drug-likeness (QED) is 0.561. The Morgan fingerprint density at radius 2 is 2.07 bits per heavy atom. The molecular weight excluding hydrogens is 190 g/mol. The second-order valence-corrected chi connectivity index (χ2v) is 2.88. The van der Waals surface area contributed by atoms with Gasteiger partial charge in [0.1, 0.15) is 6.61 Å². The Kier molecular flexibility index (Phi) is 5.13. The summed E-state index contributed by atoms with van der Waals surface area (Å²) in [4.78, 5) is 0. The Balaban J connectivity index is 2.34. The van der Waals surface area contributed by atoms with Crippen LogP contribution in [0.4, 0.5) is 0 Å². The van der Waals surface area contributed by atoms with Gasteiger partial charge in [-0.1, -0.05) is 18.1 Å². The molecule has 1 rings (SSSR count). The Bertz CT molecular complexity index is 331. The van der Waals surface area contributed by atoms with Crippen LogP contribution in [0.1, 0.15) is 0 Å². The van der Waals surface area contributed by atoms with Crippen LogP contribution in [-0.4, -0.2) is 26.8 Å². The Morgan fingerprint density at radius 3 is 2.73 bits per heavy atom. The van der Waals surface area contributed by atoms with Gasteiger partial charge in [0.05, 0.1) is 13.7 Å². The van der Waals surface area contributed by atoms with Crippen LogP contribution < -0.4 is 14.8 Å². The lowest BCUT2D eigenvalue weighted by Crippen LogP contribution is -2.21. The Hall–Kier alpha value is -1.66. The fraction of sp³-hybridized carbons (Fsp3) is 0.333. The highest BCUT2D eigenvalue weighted by molar-refractivity contribution is 5.39. The van der Waals surface area contributed by atoms with Gasteiger partial charge in [-0.2, -0.15) is 0 Å². The van der Waals surface area contributed by atoms with Crippen molar-refractivity contribution in [3.63, 3.8) is 0 Å². The fourth-order valence-electron chi connectivity index (χ4n) is 1.13. The lowest BCUT2D eigenvalue weighted by Gasteiger charge is -2.09. The predicted octanol–water partition coefficient (Wildman–Crippen LogP) is 1.30. The van der Waals surface area contributed by atoms with Crippen LogP contribution in [0.3, 0.4) is 0 Å². The molecule has 0 unspecified atom stereocenters. The van der Waals surface area contributed by atoms with E-state index in [1.54, 1.807) is 7.11 Å². The van der Waals surface area contributed by atoms with Crippen LogP contribution in [0.5, 0.6) is 11.5 Å². The van der Waals surface area contributed by atoms with Crippen molar-refractivity contribution in [3.05, 3.63) is 24.3 Å². The second-order valence-electron chi connectivity index (χ2n) is 2.88. The number of rotatable bonds is 6. The van der Waals surface area contributed by atoms with E-state index in [4.69, 9.17) is 15.9 Å². The summed E-state index contributed by atoms with van der Waals surface area (Å²) in [7, 11) is 1.62. The Labute approximate surface area is 90.4 Å². The van der Waals surface area contributed by atoms with Gasteiger partial charge in [0.25, 0.3) is 0 Å². The molecule has 15 heavy (non-hydrogen) atoms. The standard InChI is InChI=1S/C12H15NO2/c1-3-8-13-9-10-15-12-7-5-4-6-11(12)14-2/h1,4-7,13H,8-10H2,2H3. The van der Waals surface area contributed by atoms with Gasteiger partial charge in [0.15, 0.2) is 11.5 Å². The van der Waals surface area contributed by atoms with Crippen LogP contribution >= 0.6 is 0 Å². The van der Waals surface area contributed by atoms with E-state index >= 15 is 0 Å². The van der Waals surface area contributed by atoms with Crippen molar-refractivity contribution < 1.29 is 9.47 Å². The summed E-state index contributed by atoms with van der Waals surface area (Å²) in [6.45, 7) is 1.86. The summed E-state index contributed by atoms with van der Waals surface area (Å²) in [5, 5.41) is 3.04. The van der Waals surface area contributed by atoms with Crippen molar-refractivity contribution in [1.29, 1.82) is 0 Å². The summed E-state index contributed by atoms with van der Waals surface area (Å²) < 4.78 is 10.7. The number of methoxy groups -OCH3 is 1. The van der Waals surface area contributed by atoms with Gasteiger partial charge in [-0.3, -0.25) is 0 Å². The number of hydrogen-bond acceptors (Lipinski definition) is 3. The van der Waals surface area contributed by atoms with Gasteiger partial charge in [-0.05, 0) is 12.1 Å². The lowest BCUT2D eigenvalue weighted by molar-refractivity contribution is 0.294. The van der Waals surface area contributed by atoms with Crippen LogP contribution in [0.15, 0.2) is 24.3 Å². The zero-order chi connectivity index (χ0) is 10.9. The average Bonchev–Trinajstić information content (AvgIpc) is 2.29. The van der Waals surface area contributed by atoms with E-state index in [-0.39, 0.29) is 0 Å². The minimum atomic E-state index is 0.565. The largest absolute Gasteiger partial charge is 0.493 e. The summed E-state index contributed by atoms with van der Waals surface area (Å²) >= 11 is 0. The van der Waals surface area contributed by atoms with Crippen LogP contribution in [0, 0.1) is 12.3 Å². The van der Waals surface area contributed by atoms with Crippen molar-refractivity contribution in [2.24, 2.45) is 0 Å². The first-order valence-electron chi connectivity index (χ1n) is 4.78. The van der Waals surface area contributed by atoms with E-state index in [9.17, 15) is 0 Å². The zero-order valence-corrected chi connectivity index (χ0v) is 8.82. The van der Waals surface area contributed by atoms with Crippen molar-refractivity contribution in [1.82, 2.24) is 5.32 Å². The maximum atomic E-state index is 5.52. The number of terminal acetylenes is 1. The summed E-state index contributed by atoms with van der Waals surface area (Å²) in [6, 6.07) is 7.55. The van der Waals surface area contributed by atoms with E-state index in [0.717, 1.165) is 18.0 Å². The van der Waals surface area contributed by atoms with E-state index < -0.39 is 0 Å². The molecular formula is C12H15NO2. The number of ether oxygens (including phenoxy) is 2. The van der Waals surface area contributed by atoms with Crippen LogP contribution in [-0.2, 0) is 0 Å². The van der Waals surface area contributed by atoms with E-state index in [1.807, 2.05) is 24.3 Å². The molecule has 0 saturated carbocycles. The minimum Gasteiger partial charge on any atom is -0.493 e. The van der Waals surface area contributed by atoms with Gasteiger partial charge in [0, 0.05) is 6.54 Å². The van der Waals surface area contributed by atoms with Crippen molar-refractivity contribution >= 4 is 0 Å². The monoisotopic (exact) mass is 205 g/mol. The molecule has 0 aromatic heterocycles. The minimum absolute atomic E-state index is 0.565. The molecule has 0 aliphatic rings. The smallest absolute Gasteiger partial charge is 0.161 e. The molecule has 1 aromatic carbocycles. The fourth-order valence-corrected chi connectivity index (χ4v) is 1.13. The molecule has 3 heteroatoms. The first-order chi connectivity index (χ1) is 7.38.